The van der Waals surface area contributed by atoms with Gasteiger partial charge in [0.05, 0.1) is 23.5 Å². The van der Waals surface area contributed by atoms with Crippen molar-refractivity contribution in [3.8, 4) is 11.8 Å². The molecule has 2 aromatic rings. The molecule has 0 aliphatic heterocycles. The Hall–Kier alpha value is -1.07. The lowest BCUT2D eigenvalue weighted by Crippen LogP contribution is -2.45. The summed E-state index contributed by atoms with van der Waals surface area (Å²) in [7, 11) is -8.48. The summed E-state index contributed by atoms with van der Waals surface area (Å²) in [5, 5.41) is 8.72. The Morgan fingerprint density at radius 3 is 2.55 bits per heavy atom. The van der Waals surface area contributed by atoms with E-state index in [1.807, 2.05) is 0 Å². The SMILES string of the molecule is CC[N+](CC)(CI)Cc1ccc(S(=O)(=O)NCP(=O)(O)Oc2ccc(C#N)c(F)c2)s1. The molecule has 31 heavy (non-hydrogen) atoms. The molecule has 0 amide bonds. The lowest BCUT2D eigenvalue weighted by atomic mass is 10.2. The molecule has 0 bridgehead atoms. The van der Waals surface area contributed by atoms with Crippen molar-refractivity contribution in [3.63, 3.8) is 0 Å². The fourth-order valence-electron chi connectivity index (χ4n) is 2.65. The van der Waals surface area contributed by atoms with Crippen molar-refractivity contribution in [2.45, 2.75) is 24.6 Å². The van der Waals surface area contributed by atoms with Gasteiger partial charge in [0.15, 0.2) is 0 Å². The number of rotatable bonds is 11. The third-order valence-corrected chi connectivity index (χ3v) is 10.4. The van der Waals surface area contributed by atoms with E-state index in [-0.39, 0.29) is 15.5 Å². The molecular formula is C18H23FIN3O5PS2+. The molecule has 13 heteroatoms. The van der Waals surface area contributed by atoms with Gasteiger partial charge in [0, 0.05) is 6.07 Å². The molecule has 0 fully saturated rings. The van der Waals surface area contributed by atoms with Gasteiger partial charge < -0.3 is 13.9 Å². The molecule has 8 nitrogen and oxygen atoms in total. The van der Waals surface area contributed by atoms with Crippen LogP contribution < -0.4 is 9.25 Å². The van der Waals surface area contributed by atoms with Gasteiger partial charge in [0.25, 0.3) is 10.0 Å². The molecule has 0 saturated carbocycles. The second-order valence-corrected chi connectivity index (χ2v) is 12.4. The van der Waals surface area contributed by atoms with Gasteiger partial charge in [-0.1, -0.05) is 0 Å². The van der Waals surface area contributed by atoms with E-state index in [1.54, 1.807) is 12.1 Å². The van der Waals surface area contributed by atoms with E-state index in [9.17, 15) is 22.3 Å². The first-order valence-corrected chi connectivity index (χ1v) is 14.8. The molecule has 2 N–H and O–H groups in total. The molecule has 0 aliphatic rings. The van der Waals surface area contributed by atoms with Gasteiger partial charge >= 0.3 is 7.60 Å². The van der Waals surface area contributed by atoms with E-state index < -0.39 is 29.7 Å². The zero-order chi connectivity index (χ0) is 23.3. The minimum absolute atomic E-state index is 0.0330. The predicted octanol–water partition coefficient (Wildman–Crippen LogP) is 4.01. The number of alkyl halides is 1. The number of sulfonamides is 1. The first kappa shape index (κ1) is 26.2. The van der Waals surface area contributed by atoms with Crippen LogP contribution in [0.4, 0.5) is 4.39 Å². The largest absolute Gasteiger partial charge is 0.424 e. The van der Waals surface area contributed by atoms with Crippen molar-refractivity contribution < 1.29 is 31.3 Å². The monoisotopic (exact) mass is 602 g/mol. The molecule has 0 spiro atoms. The van der Waals surface area contributed by atoms with Gasteiger partial charge in [-0.15, -0.1) is 11.3 Å². The average Bonchev–Trinajstić information content (AvgIpc) is 3.20. The number of benzene rings is 1. The van der Waals surface area contributed by atoms with E-state index in [0.29, 0.717) is 6.54 Å². The number of nitrogens with one attached hydrogen (secondary N) is 1. The average molecular weight is 602 g/mol. The number of quaternary nitrogens is 1. The molecule has 0 radical (unpaired) electrons. The normalized spacial score (nSPS) is 14.1. The van der Waals surface area contributed by atoms with Crippen LogP contribution in [-0.2, 0) is 21.1 Å². The van der Waals surface area contributed by atoms with Gasteiger partial charge in [0.1, 0.15) is 39.2 Å². The van der Waals surface area contributed by atoms with Crippen LogP contribution in [0.1, 0.15) is 24.3 Å². The zero-order valence-electron chi connectivity index (χ0n) is 16.9. The van der Waals surface area contributed by atoms with E-state index >= 15 is 0 Å². The van der Waals surface area contributed by atoms with Crippen LogP contribution in [0.2, 0.25) is 0 Å². The van der Waals surface area contributed by atoms with Crippen molar-refractivity contribution in [1.29, 1.82) is 5.26 Å². The summed E-state index contributed by atoms with van der Waals surface area (Å²) in [6.45, 7) is 6.71. The number of hydrogen-bond acceptors (Lipinski definition) is 6. The summed E-state index contributed by atoms with van der Waals surface area (Å²) in [5.74, 6) is -1.20. The highest BCUT2D eigenvalue weighted by atomic mass is 127. The van der Waals surface area contributed by atoms with Crippen molar-refractivity contribution >= 4 is 51.5 Å². The number of halogens is 2. The third-order valence-electron chi connectivity index (χ3n) is 4.75. The van der Waals surface area contributed by atoms with Crippen LogP contribution in [0.25, 0.3) is 0 Å². The van der Waals surface area contributed by atoms with Gasteiger partial charge in [-0.25, -0.2) is 17.4 Å². The van der Waals surface area contributed by atoms with Gasteiger partial charge in [-0.2, -0.15) is 9.98 Å². The number of hydrogen-bond donors (Lipinski definition) is 2. The molecule has 1 heterocycles. The molecule has 0 saturated heterocycles. The molecular weight excluding hydrogens is 579 g/mol. The minimum Gasteiger partial charge on any atom is -0.424 e. The second-order valence-electron chi connectivity index (χ2n) is 6.76. The van der Waals surface area contributed by atoms with Crippen molar-refractivity contribution in [3.05, 3.63) is 46.6 Å². The highest BCUT2D eigenvalue weighted by Crippen LogP contribution is 2.42. The molecule has 1 aromatic heterocycles. The first-order chi connectivity index (χ1) is 14.5. The fourth-order valence-corrected chi connectivity index (χ4v) is 7.90. The van der Waals surface area contributed by atoms with Gasteiger partial charge in [-0.05, 0) is 60.7 Å². The highest BCUT2D eigenvalue weighted by molar-refractivity contribution is 14.1. The molecule has 1 aromatic carbocycles. The highest BCUT2D eigenvalue weighted by Gasteiger charge is 2.28. The maximum Gasteiger partial charge on any atom is 0.391 e. The van der Waals surface area contributed by atoms with Crippen molar-refractivity contribution in [1.82, 2.24) is 4.72 Å². The van der Waals surface area contributed by atoms with Gasteiger partial charge in [0.2, 0.25) is 0 Å². The summed E-state index contributed by atoms with van der Waals surface area (Å²) >= 11 is 3.43. The Kier molecular flexibility index (Phi) is 9.04. The topological polar surface area (TPSA) is 116 Å². The molecule has 2 rings (SSSR count). The minimum atomic E-state index is -4.46. The van der Waals surface area contributed by atoms with Crippen LogP contribution >= 0.6 is 41.5 Å². The summed E-state index contributed by atoms with van der Waals surface area (Å²) < 4.78 is 59.7. The van der Waals surface area contributed by atoms with E-state index in [2.05, 4.69) is 41.2 Å². The zero-order valence-corrected chi connectivity index (χ0v) is 21.6. The lowest BCUT2D eigenvalue weighted by Gasteiger charge is -2.34. The summed E-state index contributed by atoms with van der Waals surface area (Å²) in [4.78, 5) is 10.9. The van der Waals surface area contributed by atoms with Crippen molar-refractivity contribution in [2.75, 3.05) is 23.9 Å². The fraction of sp³-hybridized carbons (Fsp3) is 0.389. The summed E-state index contributed by atoms with van der Waals surface area (Å²) in [5.41, 5.74) is -0.245. The van der Waals surface area contributed by atoms with Gasteiger partial charge in [-0.3, -0.25) is 0 Å². The first-order valence-electron chi connectivity index (χ1n) is 9.20. The Morgan fingerprint density at radius 2 is 2.00 bits per heavy atom. The van der Waals surface area contributed by atoms with Crippen LogP contribution in [0.15, 0.2) is 34.5 Å². The number of nitriles is 1. The van der Waals surface area contributed by atoms with Crippen molar-refractivity contribution in [2.24, 2.45) is 0 Å². The molecule has 1 unspecified atom stereocenters. The van der Waals surface area contributed by atoms with Crippen LogP contribution in [-0.4, -0.2) is 41.7 Å². The maximum atomic E-state index is 13.6. The van der Waals surface area contributed by atoms with E-state index in [1.165, 1.54) is 6.07 Å². The smallest absolute Gasteiger partial charge is 0.391 e. The molecule has 1 atom stereocenters. The standard InChI is InChI=1S/C18H22FIN3O5PS2/c1-3-23(4-2,12-20)11-16-7-8-18(30-16)31(26,27)22-13-29(24,25)28-15-6-5-14(10-21)17(19)9-15/h5-9,22H,3-4,11-13H2,1-2H3/p+1. The Balaban J connectivity index is 2.07. The van der Waals surface area contributed by atoms with E-state index in [0.717, 1.165) is 56.5 Å². The summed E-state index contributed by atoms with van der Waals surface area (Å²) in [6.07, 6.45) is -0.887. The quantitative estimate of drug-likeness (QED) is 0.132. The number of thiophene rings is 1. The van der Waals surface area contributed by atoms with Crippen LogP contribution in [0, 0.1) is 17.1 Å². The second kappa shape index (κ2) is 10.7. The Bertz CT molecular complexity index is 1110. The van der Waals surface area contributed by atoms with Crippen LogP contribution in [0.3, 0.4) is 0 Å². The molecule has 170 valence electrons. The maximum absolute atomic E-state index is 13.6. The predicted molar refractivity (Wildman–Crippen MR) is 125 cm³/mol. The number of nitrogens with zero attached hydrogens (tertiary/aromatic N) is 2. The third kappa shape index (κ3) is 6.95. The lowest BCUT2D eigenvalue weighted by molar-refractivity contribution is -0.922. The Morgan fingerprint density at radius 1 is 1.32 bits per heavy atom. The Labute approximate surface area is 199 Å². The van der Waals surface area contributed by atoms with Crippen LogP contribution in [0.5, 0.6) is 5.75 Å². The van der Waals surface area contributed by atoms with E-state index in [4.69, 9.17) is 9.79 Å². The molecule has 0 aliphatic carbocycles. The summed E-state index contributed by atoms with van der Waals surface area (Å²) in [6, 6.07) is 7.89.